The number of carboxylic acids is 1. The molecule has 1 aliphatic heterocycles. The van der Waals surface area contributed by atoms with Gasteiger partial charge < -0.3 is 15.2 Å². The van der Waals surface area contributed by atoms with Gasteiger partial charge in [-0.2, -0.15) is 0 Å². The molecule has 1 aromatic carbocycles. The number of amides is 1. The van der Waals surface area contributed by atoms with E-state index in [1.165, 1.54) is 6.92 Å². The number of fused-ring (bicyclic) bond motifs is 1. The summed E-state index contributed by atoms with van der Waals surface area (Å²) < 4.78 is 5.58. The van der Waals surface area contributed by atoms with E-state index in [-0.39, 0.29) is 5.91 Å². The van der Waals surface area contributed by atoms with Gasteiger partial charge in [-0.15, -0.1) is 0 Å². The topological polar surface area (TPSA) is 75.6 Å². The Bertz CT molecular complexity index is 507. The van der Waals surface area contributed by atoms with Crippen molar-refractivity contribution in [1.82, 2.24) is 5.32 Å². The maximum Gasteiger partial charge on any atom is 0.325 e. The van der Waals surface area contributed by atoms with Gasteiger partial charge in [0, 0.05) is 6.42 Å². The van der Waals surface area contributed by atoms with Gasteiger partial charge in [0.05, 0.1) is 0 Å². The van der Waals surface area contributed by atoms with Crippen LogP contribution in [0.4, 0.5) is 0 Å². The van der Waals surface area contributed by atoms with Crippen LogP contribution in [0, 0.1) is 13.8 Å². The minimum absolute atomic E-state index is 0.388. The fourth-order valence-electron chi connectivity index (χ4n) is 2.03. The highest BCUT2D eigenvalue weighted by Crippen LogP contribution is 2.31. The number of rotatable bonds is 3. The Morgan fingerprint density at radius 1 is 1.37 bits per heavy atom. The first-order valence-electron chi connectivity index (χ1n) is 6.18. The quantitative estimate of drug-likeness (QED) is 0.859. The van der Waals surface area contributed by atoms with E-state index >= 15 is 0 Å². The molecule has 5 nitrogen and oxygen atoms in total. The normalized spacial score (nSPS) is 18.4. The van der Waals surface area contributed by atoms with Gasteiger partial charge in [0.1, 0.15) is 11.8 Å². The van der Waals surface area contributed by atoms with Gasteiger partial charge in [-0.3, -0.25) is 9.59 Å². The number of hydrogen-bond acceptors (Lipinski definition) is 3. The van der Waals surface area contributed by atoms with E-state index in [1.807, 2.05) is 26.0 Å². The zero-order valence-electron chi connectivity index (χ0n) is 11.2. The van der Waals surface area contributed by atoms with Gasteiger partial charge in [-0.25, -0.2) is 0 Å². The highest BCUT2D eigenvalue weighted by atomic mass is 16.5. The lowest BCUT2D eigenvalue weighted by Crippen LogP contribution is -2.45. The first-order valence-corrected chi connectivity index (χ1v) is 6.18. The molecule has 0 aliphatic carbocycles. The monoisotopic (exact) mass is 263 g/mol. The van der Waals surface area contributed by atoms with Crippen molar-refractivity contribution in [3.63, 3.8) is 0 Å². The number of aliphatic carboxylic acids is 1. The molecule has 5 heteroatoms. The molecule has 2 N–H and O–H groups in total. The number of carbonyl (C=O) groups is 2. The summed E-state index contributed by atoms with van der Waals surface area (Å²) in [7, 11) is 0. The highest BCUT2D eigenvalue weighted by molar-refractivity contribution is 5.87. The zero-order chi connectivity index (χ0) is 14.2. The molecule has 0 saturated heterocycles. The largest absolute Gasteiger partial charge is 0.480 e. The van der Waals surface area contributed by atoms with Crippen LogP contribution in [0.2, 0.25) is 0 Å². The summed E-state index contributed by atoms with van der Waals surface area (Å²) in [6.45, 7) is 5.42. The molecule has 1 aliphatic rings. The fourth-order valence-corrected chi connectivity index (χ4v) is 2.03. The van der Waals surface area contributed by atoms with Crippen LogP contribution < -0.4 is 10.1 Å². The van der Waals surface area contributed by atoms with Crippen LogP contribution in [0.3, 0.4) is 0 Å². The van der Waals surface area contributed by atoms with Gasteiger partial charge in [0.2, 0.25) is 0 Å². The van der Waals surface area contributed by atoms with Crippen LogP contribution in [0.5, 0.6) is 5.75 Å². The fraction of sp³-hybridized carbons (Fsp3) is 0.429. The number of ether oxygens (including phenoxy) is 1. The summed E-state index contributed by atoms with van der Waals surface area (Å²) in [5, 5.41) is 11.2. The van der Waals surface area contributed by atoms with Crippen molar-refractivity contribution in [2.75, 3.05) is 0 Å². The van der Waals surface area contributed by atoms with Crippen LogP contribution in [0.25, 0.3) is 0 Å². The molecule has 2 rings (SSSR count). The number of carboxylic acid groups (broad SMARTS) is 1. The van der Waals surface area contributed by atoms with Crippen molar-refractivity contribution in [2.45, 2.75) is 39.3 Å². The summed E-state index contributed by atoms with van der Waals surface area (Å²) in [5.74, 6) is -0.733. The molecule has 0 bridgehead atoms. The van der Waals surface area contributed by atoms with E-state index in [0.29, 0.717) is 12.2 Å². The van der Waals surface area contributed by atoms with Crippen molar-refractivity contribution in [2.24, 2.45) is 0 Å². The van der Waals surface area contributed by atoms with E-state index in [9.17, 15) is 9.59 Å². The summed E-state index contributed by atoms with van der Waals surface area (Å²) >= 11 is 0. The van der Waals surface area contributed by atoms with Crippen molar-refractivity contribution < 1.29 is 19.4 Å². The van der Waals surface area contributed by atoms with Crippen molar-refractivity contribution in [1.29, 1.82) is 0 Å². The van der Waals surface area contributed by atoms with E-state index in [0.717, 1.165) is 16.7 Å². The van der Waals surface area contributed by atoms with Crippen molar-refractivity contribution in [3.05, 3.63) is 28.8 Å². The molecule has 0 fully saturated rings. The Morgan fingerprint density at radius 3 is 2.63 bits per heavy atom. The number of nitrogens with one attached hydrogen (secondary N) is 1. The standard InChI is InChI=1S/C14H17NO4/c1-7-4-10-6-12(19-11(10)5-8(7)2)13(16)15-9(3)14(17)18/h4-5,9,12H,6H2,1-3H3,(H,15,16)(H,17,18). The SMILES string of the molecule is Cc1cc2c(cc1C)OC(C(=O)NC(C)C(=O)O)C2. The average Bonchev–Trinajstić information content (AvgIpc) is 2.72. The summed E-state index contributed by atoms with van der Waals surface area (Å²) in [4.78, 5) is 22.6. The first-order chi connectivity index (χ1) is 8.88. The number of aryl methyl sites for hydroxylation is 2. The van der Waals surface area contributed by atoms with E-state index in [1.54, 1.807) is 0 Å². The second-order valence-corrected chi connectivity index (χ2v) is 4.92. The molecule has 1 aromatic rings. The maximum atomic E-state index is 11.9. The maximum absolute atomic E-state index is 11.9. The highest BCUT2D eigenvalue weighted by Gasteiger charge is 2.31. The number of benzene rings is 1. The van der Waals surface area contributed by atoms with E-state index < -0.39 is 18.1 Å². The van der Waals surface area contributed by atoms with Crippen LogP contribution in [-0.4, -0.2) is 29.1 Å². The molecule has 1 amide bonds. The Morgan fingerprint density at radius 2 is 2.00 bits per heavy atom. The van der Waals surface area contributed by atoms with E-state index in [2.05, 4.69) is 5.32 Å². The molecule has 102 valence electrons. The Hall–Kier alpha value is -2.04. The summed E-state index contributed by atoms with van der Waals surface area (Å²) in [6.07, 6.45) is -0.160. The molecule has 0 spiro atoms. The molecule has 2 atom stereocenters. The minimum Gasteiger partial charge on any atom is -0.480 e. The average molecular weight is 263 g/mol. The van der Waals surface area contributed by atoms with Gasteiger partial charge in [-0.05, 0) is 43.5 Å². The van der Waals surface area contributed by atoms with Crippen LogP contribution in [-0.2, 0) is 16.0 Å². The lowest BCUT2D eigenvalue weighted by Gasteiger charge is -2.13. The van der Waals surface area contributed by atoms with Crippen molar-refractivity contribution in [3.8, 4) is 5.75 Å². The van der Waals surface area contributed by atoms with E-state index in [4.69, 9.17) is 9.84 Å². The third-order valence-electron chi connectivity index (χ3n) is 3.37. The predicted octanol–water partition coefficient (Wildman–Crippen LogP) is 1.20. The van der Waals surface area contributed by atoms with Gasteiger partial charge in [-0.1, -0.05) is 6.07 Å². The van der Waals surface area contributed by atoms with Crippen LogP contribution in [0.1, 0.15) is 23.6 Å². The molecular formula is C14H17NO4. The lowest BCUT2D eigenvalue weighted by atomic mass is 10.0. The van der Waals surface area contributed by atoms with Crippen LogP contribution in [0.15, 0.2) is 12.1 Å². The molecule has 0 aromatic heterocycles. The third-order valence-corrected chi connectivity index (χ3v) is 3.37. The zero-order valence-corrected chi connectivity index (χ0v) is 11.2. The molecule has 2 unspecified atom stereocenters. The lowest BCUT2D eigenvalue weighted by molar-refractivity contribution is -0.142. The molecule has 19 heavy (non-hydrogen) atoms. The summed E-state index contributed by atoms with van der Waals surface area (Å²) in [6, 6.07) is 3.01. The second kappa shape index (κ2) is 4.91. The predicted molar refractivity (Wildman–Crippen MR) is 69.3 cm³/mol. The van der Waals surface area contributed by atoms with Gasteiger partial charge >= 0.3 is 5.97 Å². The Kier molecular flexibility index (Phi) is 3.46. The number of hydrogen-bond donors (Lipinski definition) is 2. The van der Waals surface area contributed by atoms with Crippen LogP contribution >= 0.6 is 0 Å². The smallest absolute Gasteiger partial charge is 0.325 e. The molecular weight excluding hydrogens is 246 g/mol. The van der Waals surface area contributed by atoms with Gasteiger partial charge in [0.25, 0.3) is 5.91 Å². The first kappa shape index (κ1) is 13.4. The summed E-state index contributed by atoms with van der Waals surface area (Å²) in [5.41, 5.74) is 3.26. The second-order valence-electron chi connectivity index (χ2n) is 4.92. The molecule has 1 heterocycles. The molecule has 0 radical (unpaired) electrons. The third kappa shape index (κ3) is 2.70. The minimum atomic E-state index is -1.06. The Labute approximate surface area is 111 Å². The molecule has 0 saturated carbocycles. The van der Waals surface area contributed by atoms with Crippen molar-refractivity contribution >= 4 is 11.9 Å². The Balaban J connectivity index is 2.07. The number of carbonyl (C=O) groups excluding carboxylic acids is 1. The van der Waals surface area contributed by atoms with Gasteiger partial charge in [0.15, 0.2) is 6.10 Å².